The number of aromatic nitrogens is 1. The lowest BCUT2D eigenvalue weighted by atomic mass is 10.4. The van der Waals surface area contributed by atoms with Gasteiger partial charge in [0.15, 0.2) is 4.21 Å². The minimum atomic E-state index is -3.58. The molecule has 2 heterocycles. The van der Waals surface area contributed by atoms with Crippen molar-refractivity contribution in [3.63, 3.8) is 0 Å². The predicted octanol–water partition coefficient (Wildman–Crippen LogP) is 2.72. The molecule has 0 spiro atoms. The van der Waals surface area contributed by atoms with Crippen molar-refractivity contribution in [1.82, 2.24) is 4.98 Å². The fourth-order valence-electron chi connectivity index (χ4n) is 1.23. The van der Waals surface area contributed by atoms with E-state index in [1.54, 1.807) is 23.6 Å². The molecule has 0 aliphatic carbocycles. The second-order valence-corrected chi connectivity index (χ2v) is 6.90. The maximum Gasteiger partial charge on any atom is 0.272 e. The van der Waals surface area contributed by atoms with Gasteiger partial charge in [-0.15, -0.1) is 11.3 Å². The number of rotatable bonds is 4. The molecule has 0 aliphatic rings. The van der Waals surface area contributed by atoms with Crippen molar-refractivity contribution >= 4 is 43.0 Å². The normalized spacial score (nSPS) is 11.2. The van der Waals surface area contributed by atoms with Crippen molar-refractivity contribution in [1.29, 1.82) is 0 Å². The SMILES string of the molecule is COc1ccc(NS(=O)(=O)c2sccc2Br)cn1. The third-order valence-corrected chi connectivity index (χ3v) is 6.08. The van der Waals surface area contributed by atoms with Crippen molar-refractivity contribution in [3.05, 3.63) is 34.2 Å². The van der Waals surface area contributed by atoms with E-state index in [0.717, 1.165) is 11.3 Å². The number of nitrogens with one attached hydrogen (secondary N) is 1. The van der Waals surface area contributed by atoms with Gasteiger partial charge >= 0.3 is 0 Å². The molecule has 0 bridgehead atoms. The van der Waals surface area contributed by atoms with Crippen LogP contribution in [0.4, 0.5) is 5.69 Å². The van der Waals surface area contributed by atoms with E-state index in [4.69, 9.17) is 4.74 Å². The van der Waals surface area contributed by atoms with Gasteiger partial charge in [0.1, 0.15) is 0 Å². The molecule has 96 valence electrons. The van der Waals surface area contributed by atoms with Gasteiger partial charge in [-0.05, 0) is 33.4 Å². The highest BCUT2D eigenvalue weighted by molar-refractivity contribution is 9.10. The molecule has 0 atom stereocenters. The van der Waals surface area contributed by atoms with Crippen LogP contribution in [0.5, 0.6) is 5.88 Å². The first-order valence-corrected chi connectivity index (χ1v) is 7.94. The van der Waals surface area contributed by atoms with E-state index in [2.05, 4.69) is 25.6 Å². The predicted molar refractivity (Wildman–Crippen MR) is 73.6 cm³/mol. The third kappa shape index (κ3) is 2.82. The summed E-state index contributed by atoms with van der Waals surface area (Å²) in [5.74, 6) is 0.426. The number of pyridine rings is 1. The molecule has 0 saturated heterocycles. The molecule has 0 radical (unpaired) electrons. The largest absolute Gasteiger partial charge is 0.481 e. The van der Waals surface area contributed by atoms with Gasteiger partial charge in [-0.1, -0.05) is 0 Å². The highest BCUT2D eigenvalue weighted by atomic mass is 79.9. The van der Waals surface area contributed by atoms with E-state index in [1.165, 1.54) is 13.3 Å². The van der Waals surface area contributed by atoms with E-state index in [1.807, 2.05) is 0 Å². The Hall–Kier alpha value is -1.12. The molecule has 5 nitrogen and oxygen atoms in total. The maximum absolute atomic E-state index is 12.0. The average molecular weight is 349 g/mol. The first-order valence-electron chi connectivity index (χ1n) is 4.79. The topological polar surface area (TPSA) is 68.3 Å². The van der Waals surface area contributed by atoms with Crippen LogP contribution in [0.3, 0.4) is 0 Å². The molecule has 0 amide bonds. The number of hydrogen-bond acceptors (Lipinski definition) is 5. The molecule has 0 aromatic carbocycles. The lowest BCUT2D eigenvalue weighted by Gasteiger charge is -2.06. The lowest BCUT2D eigenvalue weighted by molar-refractivity contribution is 0.398. The molecule has 0 saturated carbocycles. The van der Waals surface area contributed by atoms with Crippen LogP contribution in [0, 0.1) is 0 Å². The molecule has 0 unspecified atom stereocenters. The number of methoxy groups -OCH3 is 1. The minimum absolute atomic E-state index is 0.235. The molecule has 0 fully saturated rings. The maximum atomic E-state index is 12.0. The highest BCUT2D eigenvalue weighted by Gasteiger charge is 2.19. The molecular weight excluding hydrogens is 340 g/mol. The number of anilines is 1. The fourth-order valence-corrected chi connectivity index (χ4v) is 4.62. The summed E-state index contributed by atoms with van der Waals surface area (Å²) >= 11 is 4.33. The Bertz CT molecular complexity index is 637. The fraction of sp³-hybridized carbons (Fsp3) is 0.100. The van der Waals surface area contributed by atoms with E-state index in [0.29, 0.717) is 16.0 Å². The van der Waals surface area contributed by atoms with Crippen LogP contribution in [-0.2, 0) is 10.0 Å². The molecule has 2 aromatic rings. The number of thiophene rings is 1. The molecule has 2 rings (SSSR count). The van der Waals surface area contributed by atoms with Crippen LogP contribution >= 0.6 is 27.3 Å². The van der Waals surface area contributed by atoms with Gasteiger partial charge in [0.2, 0.25) is 5.88 Å². The number of halogens is 1. The smallest absolute Gasteiger partial charge is 0.272 e. The monoisotopic (exact) mass is 348 g/mol. The van der Waals surface area contributed by atoms with Crippen LogP contribution in [0.25, 0.3) is 0 Å². The van der Waals surface area contributed by atoms with Gasteiger partial charge < -0.3 is 4.74 Å². The first kappa shape index (κ1) is 13.3. The van der Waals surface area contributed by atoms with Crippen LogP contribution in [0.2, 0.25) is 0 Å². The van der Waals surface area contributed by atoms with Crippen LogP contribution < -0.4 is 9.46 Å². The number of nitrogens with zero attached hydrogens (tertiary/aromatic N) is 1. The van der Waals surface area contributed by atoms with Gasteiger partial charge in [0.05, 0.1) is 19.0 Å². The number of sulfonamides is 1. The van der Waals surface area contributed by atoms with E-state index in [9.17, 15) is 8.42 Å². The van der Waals surface area contributed by atoms with Crippen molar-refractivity contribution in [3.8, 4) is 5.88 Å². The molecular formula is C10H9BrN2O3S2. The minimum Gasteiger partial charge on any atom is -0.481 e. The van der Waals surface area contributed by atoms with Crippen LogP contribution in [0.15, 0.2) is 38.5 Å². The van der Waals surface area contributed by atoms with E-state index in [-0.39, 0.29) is 4.21 Å². The zero-order valence-electron chi connectivity index (χ0n) is 9.25. The molecule has 2 aromatic heterocycles. The Morgan fingerprint density at radius 1 is 1.39 bits per heavy atom. The van der Waals surface area contributed by atoms with Crippen molar-refractivity contribution in [2.75, 3.05) is 11.8 Å². The molecule has 0 aliphatic heterocycles. The van der Waals surface area contributed by atoms with E-state index < -0.39 is 10.0 Å². The first-order chi connectivity index (χ1) is 8.53. The molecule has 8 heteroatoms. The standard InChI is InChI=1S/C10H9BrN2O3S2/c1-16-9-3-2-7(6-12-9)13-18(14,15)10-8(11)4-5-17-10/h2-6,13H,1H3. The Labute approximate surface area is 117 Å². The summed E-state index contributed by atoms with van der Waals surface area (Å²) in [6, 6.07) is 4.86. The summed E-state index contributed by atoms with van der Waals surface area (Å²) in [7, 11) is -2.08. The zero-order valence-corrected chi connectivity index (χ0v) is 12.5. The van der Waals surface area contributed by atoms with Crippen molar-refractivity contribution < 1.29 is 13.2 Å². The average Bonchev–Trinajstić information content (AvgIpc) is 2.77. The molecule has 1 N–H and O–H groups in total. The quantitative estimate of drug-likeness (QED) is 0.922. The third-order valence-electron chi connectivity index (χ3n) is 2.03. The van der Waals surface area contributed by atoms with Crippen LogP contribution in [-0.4, -0.2) is 20.5 Å². The Morgan fingerprint density at radius 2 is 2.17 bits per heavy atom. The summed E-state index contributed by atoms with van der Waals surface area (Å²) < 4.78 is 32.2. The zero-order chi connectivity index (χ0) is 13.2. The van der Waals surface area contributed by atoms with Crippen molar-refractivity contribution in [2.24, 2.45) is 0 Å². The lowest BCUT2D eigenvalue weighted by Crippen LogP contribution is -2.12. The Kier molecular flexibility index (Phi) is 3.88. The highest BCUT2D eigenvalue weighted by Crippen LogP contribution is 2.29. The van der Waals surface area contributed by atoms with E-state index >= 15 is 0 Å². The van der Waals surface area contributed by atoms with Gasteiger partial charge in [-0.2, -0.15) is 0 Å². The Balaban J connectivity index is 2.25. The summed E-state index contributed by atoms with van der Waals surface area (Å²) in [6.45, 7) is 0. The number of ether oxygens (including phenoxy) is 1. The van der Waals surface area contributed by atoms with Crippen molar-refractivity contribution in [2.45, 2.75) is 4.21 Å². The number of hydrogen-bond donors (Lipinski definition) is 1. The van der Waals surface area contributed by atoms with Gasteiger partial charge in [-0.25, -0.2) is 13.4 Å². The Morgan fingerprint density at radius 3 is 2.67 bits per heavy atom. The van der Waals surface area contributed by atoms with Gasteiger partial charge in [0, 0.05) is 10.5 Å². The summed E-state index contributed by atoms with van der Waals surface area (Å²) in [6.07, 6.45) is 1.40. The van der Waals surface area contributed by atoms with Crippen LogP contribution in [0.1, 0.15) is 0 Å². The summed E-state index contributed by atoms with van der Waals surface area (Å²) in [5.41, 5.74) is 0.385. The second-order valence-electron chi connectivity index (χ2n) is 3.25. The summed E-state index contributed by atoms with van der Waals surface area (Å²) in [4.78, 5) is 3.93. The van der Waals surface area contributed by atoms with Gasteiger partial charge in [-0.3, -0.25) is 4.72 Å². The molecule has 18 heavy (non-hydrogen) atoms. The van der Waals surface area contributed by atoms with Gasteiger partial charge in [0.25, 0.3) is 10.0 Å². The summed E-state index contributed by atoms with van der Waals surface area (Å²) in [5, 5.41) is 1.70. The second kappa shape index (κ2) is 5.25.